The van der Waals surface area contributed by atoms with E-state index in [9.17, 15) is 14.0 Å². The first-order chi connectivity index (χ1) is 7.09. The first-order valence-electron chi connectivity index (χ1n) is 4.70. The Kier molecular flexibility index (Phi) is 2.26. The highest BCUT2D eigenvalue weighted by atomic mass is 19.1. The van der Waals surface area contributed by atoms with Crippen molar-refractivity contribution in [2.24, 2.45) is 0 Å². The summed E-state index contributed by atoms with van der Waals surface area (Å²) >= 11 is 0. The molecule has 1 aromatic rings. The first kappa shape index (κ1) is 9.83. The van der Waals surface area contributed by atoms with Gasteiger partial charge in [0.25, 0.3) is 5.91 Å². The zero-order valence-corrected chi connectivity index (χ0v) is 8.29. The largest absolute Gasteiger partial charge is 0.303 e. The number of anilines is 1. The van der Waals surface area contributed by atoms with Crippen LogP contribution >= 0.6 is 0 Å². The number of benzene rings is 1. The Bertz CT molecular complexity index is 442. The highest BCUT2D eigenvalue weighted by molar-refractivity contribution is 6.43. The van der Waals surface area contributed by atoms with Crippen LogP contribution in [0.1, 0.15) is 12.0 Å². The molecule has 1 amide bonds. The van der Waals surface area contributed by atoms with Crippen molar-refractivity contribution < 1.29 is 14.0 Å². The number of halogens is 1. The number of hydrogen-bond acceptors (Lipinski definition) is 2. The van der Waals surface area contributed by atoms with E-state index in [1.807, 2.05) is 0 Å². The third-order valence-corrected chi connectivity index (χ3v) is 2.44. The molecule has 0 saturated carbocycles. The van der Waals surface area contributed by atoms with Crippen LogP contribution in [0.3, 0.4) is 0 Å². The quantitative estimate of drug-likeness (QED) is 0.653. The Morgan fingerprint density at radius 2 is 2.07 bits per heavy atom. The Labute approximate surface area is 86.5 Å². The van der Waals surface area contributed by atoms with Gasteiger partial charge >= 0.3 is 0 Å². The Morgan fingerprint density at radius 3 is 2.60 bits per heavy atom. The predicted molar refractivity (Wildman–Crippen MR) is 53.1 cm³/mol. The minimum Gasteiger partial charge on any atom is -0.303 e. The molecule has 1 saturated heterocycles. The number of nitrogens with zero attached hydrogens (tertiary/aromatic N) is 1. The van der Waals surface area contributed by atoms with Crippen molar-refractivity contribution in [1.82, 2.24) is 0 Å². The van der Waals surface area contributed by atoms with Crippen molar-refractivity contribution in [3.05, 3.63) is 29.6 Å². The van der Waals surface area contributed by atoms with E-state index < -0.39 is 17.5 Å². The van der Waals surface area contributed by atoms with E-state index >= 15 is 0 Å². The number of carbonyl (C=O) groups is 2. The Morgan fingerprint density at radius 1 is 1.33 bits per heavy atom. The molecule has 0 radical (unpaired) electrons. The maximum atomic E-state index is 13.5. The van der Waals surface area contributed by atoms with Crippen molar-refractivity contribution in [1.29, 1.82) is 0 Å². The molecule has 0 unspecified atom stereocenters. The van der Waals surface area contributed by atoms with Gasteiger partial charge in [0.2, 0.25) is 5.78 Å². The molecule has 0 aromatic heterocycles. The summed E-state index contributed by atoms with van der Waals surface area (Å²) in [5, 5.41) is 0. The number of rotatable bonds is 1. The molecular weight excluding hydrogens is 197 g/mol. The smallest absolute Gasteiger partial charge is 0.294 e. The fourth-order valence-corrected chi connectivity index (χ4v) is 1.63. The van der Waals surface area contributed by atoms with Gasteiger partial charge in [-0.2, -0.15) is 0 Å². The van der Waals surface area contributed by atoms with Gasteiger partial charge in [0, 0.05) is 13.0 Å². The summed E-state index contributed by atoms with van der Waals surface area (Å²) in [6.45, 7) is 2.04. The van der Waals surface area contributed by atoms with E-state index in [2.05, 4.69) is 0 Å². The number of aryl methyl sites for hydroxylation is 1. The van der Waals surface area contributed by atoms with Crippen LogP contribution in [-0.2, 0) is 9.59 Å². The summed E-state index contributed by atoms with van der Waals surface area (Å²) in [5.41, 5.74) is 0.977. The predicted octanol–water partition coefficient (Wildman–Crippen LogP) is 1.44. The lowest BCUT2D eigenvalue weighted by molar-refractivity contribution is -0.133. The first-order valence-corrected chi connectivity index (χ1v) is 4.70. The van der Waals surface area contributed by atoms with Gasteiger partial charge in [-0.25, -0.2) is 4.39 Å². The average Bonchev–Trinajstić information content (AvgIpc) is 2.49. The van der Waals surface area contributed by atoms with Gasteiger partial charge in [-0.05, 0) is 24.6 Å². The van der Waals surface area contributed by atoms with Crippen LogP contribution in [-0.4, -0.2) is 18.2 Å². The van der Waals surface area contributed by atoms with Crippen LogP contribution in [0.4, 0.5) is 10.1 Å². The molecule has 2 rings (SSSR count). The molecule has 0 N–H and O–H groups in total. The molecule has 4 heteroatoms. The zero-order valence-electron chi connectivity index (χ0n) is 8.29. The molecule has 3 nitrogen and oxygen atoms in total. The second-order valence-corrected chi connectivity index (χ2v) is 3.58. The molecule has 1 aliphatic rings. The Hall–Kier alpha value is -1.71. The maximum absolute atomic E-state index is 13.5. The highest BCUT2D eigenvalue weighted by Gasteiger charge is 2.31. The van der Waals surface area contributed by atoms with Gasteiger partial charge in [-0.15, -0.1) is 0 Å². The number of Topliss-reactive ketones (excluding diaryl/α,β-unsaturated/α-hetero) is 1. The van der Waals surface area contributed by atoms with Crippen LogP contribution in [0.5, 0.6) is 0 Å². The molecule has 0 bridgehead atoms. The summed E-state index contributed by atoms with van der Waals surface area (Å²) in [6, 6.07) is 4.60. The van der Waals surface area contributed by atoms with E-state index in [1.165, 1.54) is 17.0 Å². The van der Waals surface area contributed by atoms with Crippen LogP contribution in [0.15, 0.2) is 18.2 Å². The lowest BCUT2D eigenvalue weighted by Crippen LogP contribution is -2.27. The number of ketones is 1. The SMILES string of the molecule is Cc1ccc(N2CCC(=O)C2=O)c(F)c1. The molecule has 0 aliphatic carbocycles. The standard InChI is InChI=1S/C11H10FNO2/c1-7-2-3-9(8(12)6-7)13-5-4-10(14)11(13)15/h2-3,6H,4-5H2,1H3. The van der Waals surface area contributed by atoms with Crippen molar-refractivity contribution >= 4 is 17.4 Å². The summed E-state index contributed by atoms with van der Waals surface area (Å²) in [4.78, 5) is 23.6. The zero-order chi connectivity index (χ0) is 11.0. The number of carbonyl (C=O) groups excluding carboxylic acids is 2. The topological polar surface area (TPSA) is 37.4 Å². The number of amides is 1. The minimum absolute atomic E-state index is 0.173. The van der Waals surface area contributed by atoms with Gasteiger partial charge in [0.1, 0.15) is 5.82 Å². The summed E-state index contributed by atoms with van der Waals surface area (Å²) in [7, 11) is 0. The molecule has 1 aromatic carbocycles. The van der Waals surface area contributed by atoms with Crippen molar-refractivity contribution in [2.45, 2.75) is 13.3 Å². The Balaban J connectivity index is 2.38. The lowest BCUT2D eigenvalue weighted by Gasteiger charge is -2.15. The number of hydrogen-bond donors (Lipinski definition) is 0. The summed E-state index contributed by atoms with van der Waals surface area (Å²) in [5.74, 6) is -1.52. The van der Waals surface area contributed by atoms with Crippen LogP contribution < -0.4 is 4.90 Å². The van der Waals surface area contributed by atoms with E-state index in [-0.39, 0.29) is 18.7 Å². The molecule has 78 valence electrons. The van der Waals surface area contributed by atoms with Crippen LogP contribution in [0.25, 0.3) is 0 Å². The van der Waals surface area contributed by atoms with Gasteiger partial charge in [0.05, 0.1) is 5.69 Å². The lowest BCUT2D eigenvalue weighted by atomic mass is 10.2. The molecule has 1 heterocycles. The normalized spacial score (nSPS) is 16.3. The third kappa shape index (κ3) is 1.63. The molecular formula is C11H10FNO2. The molecule has 1 fully saturated rings. The van der Waals surface area contributed by atoms with E-state index in [0.717, 1.165) is 5.56 Å². The van der Waals surface area contributed by atoms with Crippen molar-refractivity contribution in [3.63, 3.8) is 0 Å². The van der Waals surface area contributed by atoms with E-state index in [0.29, 0.717) is 0 Å². The van der Waals surface area contributed by atoms with Crippen LogP contribution in [0, 0.1) is 12.7 Å². The van der Waals surface area contributed by atoms with E-state index in [4.69, 9.17) is 0 Å². The fraction of sp³-hybridized carbons (Fsp3) is 0.273. The van der Waals surface area contributed by atoms with Gasteiger partial charge in [-0.1, -0.05) is 6.07 Å². The van der Waals surface area contributed by atoms with Gasteiger partial charge in [0.15, 0.2) is 0 Å². The maximum Gasteiger partial charge on any atom is 0.294 e. The van der Waals surface area contributed by atoms with Crippen molar-refractivity contribution in [2.75, 3.05) is 11.4 Å². The second kappa shape index (κ2) is 3.46. The average molecular weight is 207 g/mol. The molecule has 15 heavy (non-hydrogen) atoms. The second-order valence-electron chi connectivity index (χ2n) is 3.58. The van der Waals surface area contributed by atoms with Crippen LogP contribution in [0.2, 0.25) is 0 Å². The monoisotopic (exact) mass is 207 g/mol. The highest BCUT2D eigenvalue weighted by Crippen LogP contribution is 2.23. The molecule has 0 spiro atoms. The minimum atomic E-state index is -0.613. The third-order valence-electron chi connectivity index (χ3n) is 2.44. The van der Waals surface area contributed by atoms with Crippen molar-refractivity contribution in [3.8, 4) is 0 Å². The van der Waals surface area contributed by atoms with E-state index in [1.54, 1.807) is 13.0 Å². The van der Waals surface area contributed by atoms with Gasteiger partial charge in [-0.3, -0.25) is 9.59 Å². The summed E-state index contributed by atoms with van der Waals surface area (Å²) in [6.07, 6.45) is 0.173. The van der Waals surface area contributed by atoms with Gasteiger partial charge < -0.3 is 4.90 Å². The fourth-order valence-electron chi connectivity index (χ4n) is 1.63. The molecule has 0 atom stereocenters. The molecule has 1 aliphatic heterocycles. The summed E-state index contributed by atoms with van der Waals surface area (Å²) < 4.78 is 13.5.